The first-order valence-electron chi connectivity index (χ1n) is 5.87. The number of hydrogen-bond acceptors (Lipinski definition) is 2. The lowest BCUT2D eigenvalue weighted by atomic mass is 10.1. The molecule has 3 nitrogen and oxygen atoms in total. The van der Waals surface area contributed by atoms with Crippen molar-refractivity contribution >= 4 is 5.97 Å². The zero-order valence-electron chi connectivity index (χ0n) is 10.6. The van der Waals surface area contributed by atoms with Gasteiger partial charge in [0, 0.05) is 24.5 Å². The Kier molecular flexibility index (Phi) is 8.65. The van der Waals surface area contributed by atoms with Gasteiger partial charge in [0.15, 0.2) is 18.4 Å². The maximum atomic E-state index is 8.89. The number of aromatic nitrogens is 1. The van der Waals surface area contributed by atoms with Crippen LogP contribution in [0.15, 0.2) is 43.2 Å². The normalized spacial score (nSPS) is 10.9. The molecule has 0 saturated heterocycles. The molecule has 0 fully saturated rings. The molecule has 0 bridgehead atoms. The molecular weight excluding hydrogens is 214 g/mol. The van der Waals surface area contributed by atoms with Gasteiger partial charge < -0.3 is 9.90 Å². The maximum Gasteiger partial charge on any atom is 0.176 e. The molecule has 0 saturated carbocycles. The highest BCUT2D eigenvalue weighted by molar-refractivity contribution is 5.60. The first-order chi connectivity index (χ1) is 8.11. The number of allylic oxidation sites excluding steroid dienone is 1. The van der Waals surface area contributed by atoms with E-state index >= 15 is 0 Å². The van der Waals surface area contributed by atoms with Crippen LogP contribution in [0.3, 0.4) is 0 Å². The molecule has 1 aromatic rings. The van der Waals surface area contributed by atoms with E-state index < -0.39 is 5.97 Å². The number of carbonyl (C=O) groups is 1. The van der Waals surface area contributed by atoms with Crippen LogP contribution in [-0.4, -0.2) is 5.97 Å². The van der Waals surface area contributed by atoms with Gasteiger partial charge in [-0.15, -0.1) is 0 Å². The van der Waals surface area contributed by atoms with Crippen molar-refractivity contribution in [3.63, 3.8) is 0 Å². The van der Waals surface area contributed by atoms with Crippen LogP contribution in [0.25, 0.3) is 0 Å². The molecule has 0 radical (unpaired) electrons. The van der Waals surface area contributed by atoms with Gasteiger partial charge in [0.1, 0.15) is 0 Å². The molecule has 0 N–H and O–H groups in total. The molecular formula is C14H21NO2. The molecule has 1 atom stereocenters. The standard InChI is InChI=1S/C12H18N.C2H4O2/c1-3-5-9-12(4-2)13-10-7-6-8-11-13;1-2(3)4/h4,6-8,10-12H,2-3,5,9H2,1H3;1H3,(H,3,4)/q+1;/p-1. The lowest BCUT2D eigenvalue weighted by Gasteiger charge is -2.05. The molecule has 17 heavy (non-hydrogen) atoms. The van der Waals surface area contributed by atoms with Crippen LogP contribution in [0, 0.1) is 0 Å². The summed E-state index contributed by atoms with van der Waals surface area (Å²) in [7, 11) is 0. The van der Waals surface area contributed by atoms with Gasteiger partial charge in [-0.05, 0) is 19.4 Å². The minimum atomic E-state index is -1.08. The van der Waals surface area contributed by atoms with Crippen LogP contribution in [0.1, 0.15) is 39.2 Å². The van der Waals surface area contributed by atoms with Crippen LogP contribution < -0.4 is 9.67 Å². The van der Waals surface area contributed by atoms with E-state index in [2.05, 4.69) is 42.6 Å². The quantitative estimate of drug-likeness (QED) is 0.575. The molecule has 0 amide bonds. The summed E-state index contributed by atoms with van der Waals surface area (Å²) in [5, 5.41) is 8.89. The first kappa shape index (κ1) is 15.4. The third-order valence-corrected chi connectivity index (χ3v) is 2.25. The highest BCUT2D eigenvalue weighted by atomic mass is 16.4. The lowest BCUT2D eigenvalue weighted by molar-refractivity contribution is -0.713. The molecule has 0 aromatic carbocycles. The largest absolute Gasteiger partial charge is 0.550 e. The van der Waals surface area contributed by atoms with E-state index in [1.807, 2.05) is 12.1 Å². The minimum absolute atomic E-state index is 0.459. The molecule has 0 aliphatic heterocycles. The molecule has 1 rings (SSSR count). The first-order valence-corrected chi connectivity index (χ1v) is 5.87. The van der Waals surface area contributed by atoms with Gasteiger partial charge in [-0.2, -0.15) is 4.57 Å². The lowest BCUT2D eigenvalue weighted by Crippen LogP contribution is -2.37. The highest BCUT2D eigenvalue weighted by Crippen LogP contribution is 2.08. The van der Waals surface area contributed by atoms with Crippen molar-refractivity contribution in [2.75, 3.05) is 0 Å². The van der Waals surface area contributed by atoms with Crippen molar-refractivity contribution in [1.29, 1.82) is 0 Å². The van der Waals surface area contributed by atoms with Gasteiger partial charge in [0.25, 0.3) is 0 Å². The maximum absolute atomic E-state index is 8.89. The number of unbranched alkanes of at least 4 members (excludes halogenated alkanes) is 1. The van der Waals surface area contributed by atoms with Crippen molar-refractivity contribution in [2.45, 2.75) is 39.2 Å². The minimum Gasteiger partial charge on any atom is -0.550 e. The van der Waals surface area contributed by atoms with Gasteiger partial charge in [-0.25, -0.2) is 0 Å². The van der Waals surface area contributed by atoms with Crippen LogP contribution in [0.4, 0.5) is 0 Å². The Bertz CT molecular complexity index is 318. The van der Waals surface area contributed by atoms with E-state index in [1.165, 1.54) is 19.3 Å². The second-order valence-corrected chi connectivity index (χ2v) is 3.76. The second-order valence-electron chi connectivity index (χ2n) is 3.76. The molecule has 1 aromatic heterocycles. The number of rotatable bonds is 5. The summed E-state index contributed by atoms with van der Waals surface area (Å²) in [5.41, 5.74) is 0. The van der Waals surface area contributed by atoms with E-state index in [4.69, 9.17) is 9.90 Å². The number of pyridine rings is 1. The predicted molar refractivity (Wildman–Crippen MR) is 66.1 cm³/mol. The van der Waals surface area contributed by atoms with E-state index in [0.29, 0.717) is 6.04 Å². The molecule has 0 aliphatic rings. The van der Waals surface area contributed by atoms with Crippen LogP contribution in [0.2, 0.25) is 0 Å². The Labute approximate surface area is 103 Å². The molecule has 94 valence electrons. The van der Waals surface area contributed by atoms with E-state index in [9.17, 15) is 0 Å². The zero-order valence-corrected chi connectivity index (χ0v) is 10.6. The fourth-order valence-corrected chi connectivity index (χ4v) is 1.43. The van der Waals surface area contributed by atoms with Crippen LogP contribution in [-0.2, 0) is 4.79 Å². The number of hydrogen-bond donors (Lipinski definition) is 0. The van der Waals surface area contributed by atoms with Crippen LogP contribution in [0.5, 0.6) is 0 Å². The van der Waals surface area contributed by atoms with Gasteiger partial charge in [0.2, 0.25) is 0 Å². The molecule has 3 heteroatoms. The molecule has 1 unspecified atom stereocenters. The SMILES string of the molecule is C=CC(CCCC)[n+]1ccccc1.CC(=O)[O-]. The summed E-state index contributed by atoms with van der Waals surface area (Å²) in [6.45, 7) is 7.06. The fourth-order valence-electron chi connectivity index (χ4n) is 1.43. The topological polar surface area (TPSA) is 44.0 Å². The second kappa shape index (κ2) is 9.58. The Morgan fingerprint density at radius 2 is 1.94 bits per heavy atom. The molecule has 0 aliphatic carbocycles. The van der Waals surface area contributed by atoms with Gasteiger partial charge in [-0.3, -0.25) is 0 Å². The summed E-state index contributed by atoms with van der Waals surface area (Å²) in [4.78, 5) is 8.89. The smallest absolute Gasteiger partial charge is 0.176 e. The third kappa shape index (κ3) is 8.20. The molecule has 1 heterocycles. The van der Waals surface area contributed by atoms with Gasteiger partial charge in [-0.1, -0.05) is 26.0 Å². The number of nitrogens with zero attached hydrogens (tertiary/aromatic N) is 1. The number of carboxylic acids is 1. The summed E-state index contributed by atoms with van der Waals surface area (Å²) >= 11 is 0. The number of carbonyl (C=O) groups excluding carboxylic acids is 1. The average Bonchev–Trinajstić information content (AvgIpc) is 2.31. The van der Waals surface area contributed by atoms with Gasteiger partial charge in [0.05, 0.1) is 0 Å². The highest BCUT2D eigenvalue weighted by Gasteiger charge is 2.11. The summed E-state index contributed by atoms with van der Waals surface area (Å²) in [6, 6.07) is 6.61. The third-order valence-electron chi connectivity index (χ3n) is 2.25. The van der Waals surface area contributed by atoms with E-state index in [-0.39, 0.29) is 0 Å². The molecule has 0 spiro atoms. The van der Waals surface area contributed by atoms with Gasteiger partial charge >= 0.3 is 0 Å². The van der Waals surface area contributed by atoms with E-state index in [0.717, 1.165) is 6.92 Å². The average molecular weight is 235 g/mol. The zero-order chi connectivity index (χ0) is 13.1. The summed E-state index contributed by atoms with van der Waals surface area (Å²) in [6.07, 6.45) is 9.92. The Balaban J connectivity index is 0.000000557. The van der Waals surface area contributed by atoms with Crippen molar-refractivity contribution < 1.29 is 14.5 Å². The summed E-state index contributed by atoms with van der Waals surface area (Å²) in [5.74, 6) is -1.08. The monoisotopic (exact) mass is 235 g/mol. The van der Waals surface area contributed by atoms with Crippen molar-refractivity contribution in [2.24, 2.45) is 0 Å². The number of carboxylic acid groups (broad SMARTS) is 1. The van der Waals surface area contributed by atoms with Crippen molar-refractivity contribution in [3.05, 3.63) is 43.2 Å². The van der Waals surface area contributed by atoms with Crippen LogP contribution >= 0.6 is 0 Å². The van der Waals surface area contributed by atoms with Crippen molar-refractivity contribution in [3.8, 4) is 0 Å². The summed E-state index contributed by atoms with van der Waals surface area (Å²) < 4.78 is 2.21. The fraction of sp³-hybridized carbons (Fsp3) is 0.429. The predicted octanol–water partition coefficient (Wildman–Crippen LogP) is 1.65. The van der Waals surface area contributed by atoms with E-state index in [1.54, 1.807) is 0 Å². The number of aliphatic carboxylic acids is 1. The Morgan fingerprint density at radius 3 is 2.35 bits per heavy atom. The Hall–Kier alpha value is -1.64. The van der Waals surface area contributed by atoms with Crippen molar-refractivity contribution in [1.82, 2.24) is 0 Å². The Morgan fingerprint density at radius 1 is 1.41 bits per heavy atom.